The molecule has 0 unspecified atom stereocenters. The first-order valence-electron chi connectivity index (χ1n) is 12.2. The van der Waals surface area contributed by atoms with Crippen molar-refractivity contribution in [3.8, 4) is 5.88 Å². The minimum absolute atomic E-state index is 0.0860. The highest BCUT2D eigenvalue weighted by Crippen LogP contribution is 2.40. The zero-order chi connectivity index (χ0) is 24.8. The van der Waals surface area contributed by atoms with Crippen molar-refractivity contribution in [2.45, 2.75) is 38.0 Å². The van der Waals surface area contributed by atoms with Gasteiger partial charge in [-0.25, -0.2) is 22.8 Å². The smallest absolute Gasteiger partial charge is 0.242 e. The molecule has 3 aromatic rings. The van der Waals surface area contributed by atoms with E-state index in [9.17, 15) is 13.2 Å². The molecule has 1 N–H and O–H groups in total. The Kier molecular flexibility index (Phi) is 5.94. The van der Waals surface area contributed by atoms with Crippen molar-refractivity contribution in [3.63, 3.8) is 0 Å². The van der Waals surface area contributed by atoms with Gasteiger partial charge in [0.05, 0.1) is 7.11 Å². The van der Waals surface area contributed by atoms with Crippen molar-refractivity contribution in [3.05, 3.63) is 59.3 Å². The number of methoxy groups -OCH3 is 1. The fraction of sp³-hybridized carbons (Fsp3) is 0.480. The number of hydrogen-bond acceptors (Lipinski definition) is 7. The van der Waals surface area contributed by atoms with E-state index in [1.54, 1.807) is 18.0 Å². The Morgan fingerprint density at radius 1 is 1.08 bits per heavy atom. The highest BCUT2D eigenvalue weighted by atomic mass is 19.2. The van der Waals surface area contributed by atoms with E-state index in [0.717, 1.165) is 37.7 Å². The molecule has 2 aromatic heterocycles. The highest BCUT2D eigenvalue weighted by Gasteiger charge is 2.43. The number of rotatable bonds is 5. The van der Waals surface area contributed by atoms with Gasteiger partial charge in [0.15, 0.2) is 23.3 Å². The molecule has 0 amide bonds. The van der Waals surface area contributed by atoms with Crippen LogP contribution in [0.3, 0.4) is 0 Å². The molecule has 2 aliphatic heterocycles. The Morgan fingerprint density at radius 2 is 1.89 bits per heavy atom. The Bertz CT molecular complexity index is 1260. The van der Waals surface area contributed by atoms with Crippen LogP contribution in [0.25, 0.3) is 0 Å². The predicted molar refractivity (Wildman–Crippen MR) is 125 cm³/mol. The molecular weight excluding hydrogens is 473 g/mol. The lowest BCUT2D eigenvalue weighted by Crippen LogP contribution is -2.48. The molecule has 1 aliphatic carbocycles. The maximum atomic E-state index is 14.6. The van der Waals surface area contributed by atoms with Crippen LogP contribution in [0.2, 0.25) is 0 Å². The van der Waals surface area contributed by atoms with Gasteiger partial charge in [0.1, 0.15) is 6.10 Å². The van der Waals surface area contributed by atoms with E-state index in [1.807, 2.05) is 12.1 Å². The predicted octanol–water partition coefficient (Wildman–Crippen LogP) is 3.94. The number of halogens is 3. The standard InChI is InChI=1S/C25H27F3N6O2/c1-35-19-11-16(7-8-29-19)33-12-14-3-4-15(13-33)22(14)30-25-31-24-23(36-10-2-9-34(24)32-25)17-5-6-18(26)21(28)20(17)27/h5-8,11,14-15,22-23H,2-4,9-10,12-13H2,1H3,(H,30,32)/t14-,15+,22-,23-/m1/s1. The van der Waals surface area contributed by atoms with Crippen LogP contribution in [-0.4, -0.2) is 52.6 Å². The third-order valence-electron chi connectivity index (χ3n) is 7.50. The minimum atomic E-state index is -1.51. The van der Waals surface area contributed by atoms with Crippen LogP contribution in [0.4, 0.5) is 24.8 Å². The van der Waals surface area contributed by atoms with Crippen molar-refractivity contribution in [2.24, 2.45) is 11.8 Å². The summed E-state index contributed by atoms with van der Waals surface area (Å²) in [4.78, 5) is 11.2. The number of anilines is 2. The number of hydrogen-bond donors (Lipinski definition) is 1. The van der Waals surface area contributed by atoms with E-state index in [0.29, 0.717) is 49.1 Å². The van der Waals surface area contributed by atoms with Crippen LogP contribution in [0.5, 0.6) is 5.88 Å². The lowest BCUT2D eigenvalue weighted by Gasteiger charge is -2.39. The number of ether oxygens (including phenoxy) is 2. The number of aryl methyl sites for hydroxylation is 1. The molecule has 11 heteroatoms. The molecule has 1 saturated carbocycles. The van der Waals surface area contributed by atoms with Gasteiger partial charge >= 0.3 is 0 Å². The Hall–Kier alpha value is -3.34. The Morgan fingerprint density at radius 3 is 2.67 bits per heavy atom. The number of aromatic nitrogens is 4. The van der Waals surface area contributed by atoms with Gasteiger partial charge in [0.2, 0.25) is 11.8 Å². The van der Waals surface area contributed by atoms with Gasteiger partial charge in [-0.05, 0) is 49.3 Å². The van der Waals surface area contributed by atoms with Crippen molar-refractivity contribution >= 4 is 11.6 Å². The van der Waals surface area contributed by atoms with Crippen LogP contribution in [0, 0.1) is 29.3 Å². The molecule has 4 heterocycles. The molecule has 0 spiro atoms. The number of pyridine rings is 1. The average molecular weight is 501 g/mol. The molecule has 36 heavy (non-hydrogen) atoms. The largest absolute Gasteiger partial charge is 0.481 e. The van der Waals surface area contributed by atoms with E-state index in [4.69, 9.17) is 9.47 Å². The second-order valence-electron chi connectivity index (χ2n) is 9.61. The lowest BCUT2D eigenvalue weighted by molar-refractivity contribution is 0.0780. The van der Waals surface area contributed by atoms with Gasteiger partial charge in [0, 0.05) is 55.8 Å². The van der Waals surface area contributed by atoms with E-state index in [2.05, 4.69) is 25.3 Å². The molecule has 3 aliphatic rings. The molecule has 4 atom stereocenters. The van der Waals surface area contributed by atoms with Crippen molar-refractivity contribution < 1.29 is 22.6 Å². The normalized spacial score (nSPS) is 25.4. The number of nitrogens with one attached hydrogen (secondary N) is 1. The zero-order valence-corrected chi connectivity index (χ0v) is 19.8. The monoisotopic (exact) mass is 500 g/mol. The van der Waals surface area contributed by atoms with Crippen LogP contribution < -0.4 is 15.0 Å². The van der Waals surface area contributed by atoms with Gasteiger partial charge in [-0.2, -0.15) is 4.98 Å². The van der Waals surface area contributed by atoms with Crippen LogP contribution >= 0.6 is 0 Å². The summed E-state index contributed by atoms with van der Waals surface area (Å²) >= 11 is 0. The molecule has 1 saturated heterocycles. The molecule has 8 nitrogen and oxygen atoms in total. The van der Waals surface area contributed by atoms with E-state index < -0.39 is 23.6 Å². The summed E-state index contributed by atoms with van der Waals surface area (Å²) < 4.78 is 54.9. The molecular formula is C25H27F3N6O2. The third-order valence-corrected chi connectivity index (χ3v) is 7.50. The molecule has 6 rings (SSSR count). The van der Waals surface area contributed by atoms with Gasteiger partial charge in [-0.15, -0.1) is 5.10 Å². The maximum absolute atomic E-state index is 14.6. The van der Waals surface area contributed by atoms with Crippen LogP contribution in [-0.2, 0) is 11.3 Å². The average Bonchev–Trinajstić information content (AvgIpc) is 3.30. The molecule has 190 valence electrons. The van der Waals surface area contributed by atoms with E-state index >= 15 is 0 Å². The maximum Gasteiger partial charge on any atom is 0.242 e. The Labute approximate surface area is 206 Å². The van der Waals surface area contributed by atoms with E-state index in [1.165, 1.54) is 6.07 Å². The first-order valence-corrected chi connectivity index (χ1v) is 12.2. The molecule has 2 fully saturated rings. The summed E-state index contributed by atoms with van der Waals surface area (Å²) in [6.45, 7) is 2.65. The quantitative estimate of drug-likeness (QED) is 0.532. The van der Waals surface area contributed by atoms with Gasteiger partial charge < -0.3 is 19.7 Å². The summed E-state index contributed by atoms with van der Waals surface area (Å²) in [7, 11) is 1.61. The number of piperidine rings is 1. The van der Waals surface area contributed by atoms with Gasteiger partial charge in [0.25, 0.3) is 0 Å². The third kappa shape index (κ3) is 4.04. The first-order chi connectivity index (χ1) is 17.5. The SMILES string of the molecule is COc1cc(N2C[C@H]3CC[C@@H](C2)[C@@H]3Nc2nc3n(n2)CCCO[C@@H]3c2ccc(F)c(F)c2F)ccn1. The Balaban J connectivity index is 1.23. The lowest BCUT2D eigenvalue weighted by atomic mass is 9.92. The van der Waals surface area contributed by atoms with Crippen LogP contribution in [0.1, 0.15) is 36.8 Å². The molecule has 2 bridgehead atoms. The van der Waals surface area contributed by atoms with Gasteiger partial charge in [-0.3, -0.25) is 0 Å². The minimum Gasteiger partial charge on any atom is -0.481 e. The highest BCUT2D eigenvalue weighted by molar-refractivity contribution is 5.49. The van der Waals surface area contributed by atoms with Crippen LogP contribution in [0.15, 0.2) is 30.5 Å². The summed E-state index contributed by atoms with van der Waals surface area (Å²) in [6, 6.07) is 6.28. The first kappa shape index (κ1) is 23.1. The number of nitrogens with zero attached hydrogens (tertiary/aromatic N) is 5. The van der Waals surface area contributed by atoms with Crippen molar-refractivity contribution in [1.82, 2.24) is 19.7 Å². The van der Waals surface area contributed by atoms with E-state index in [-0.39, 0.29) is 11.6 Å². The fourth-order valence-electron chi connectivity index (χ4n) is 5.76. The second kappa shape index (κ2) is 9.27. The van der Waals surface area contributed by atoms with Crippen molar-refractivity contribution in [1.29, 1.82) is 0 Å². The zero-order valence-electron chi connectivity index (χ0n) is 19.8. The summed E-state index contributed by atoms with van der Waals surface area (Å²) in [5.74, 6) is -1.77. The molecule has 0 radical (unpaired) electrons. The summed E-state index contributed by atoms with van der Waals surface area (Å²) in [5.41, 5.74) is 1.01. The summed E-state index contributed by atoms with van der Waals surface area (Å²) in [6.07, 6.45) is 3.64. The topological polar surface area (TPSA) is 77.3 Å². The van der Waals surface area contributed by atoms with Gasteiger partial charge in [-0.1, -0.05) is 0 Å². The number of fused-ring (bicyclic) bond motifs is 3. The van der Waals surface area contributed by atoms with Crippen molar-refractivity contribution in [2.75, 3.05) is 37.0 Å². The number of benzene rings is 1. The summed E-state index contributed by atoms with van der Waals surface area (Å²) in [5, 5.41) is 8.16. The molecule has 1 aromatic carbocycles. The second-order valence-corrected chi connectivity index (χ2v) is 9.61. The fourth-order valence-corrected chi connectivity index (χ4v) is 5.76.